The molecule has 1 aromatic carbocycles. The van der Waals surface area contributed by atoms with E-state index < -0.39 is 12.1 Å². The van der Waals surface area contributed by atoms with Gasteiger partial charge in [-0.3, -0.25) is 4.79 Å². The Morgan fingerprint density at radius 1 is 1.31 bits per heavy atom. The predicted octanol–water partition coefficient (Wildman–Crippen LogP) is 3.76. The Morgan fingerprint density at radius 2 is 2.00 bits per heavy atom. The van der Waals surface area contributed by atoms with Crippen LogP contribution in [0.5, 0.6) is 0 Å². The molecule has 160 valence electrons. The first-order chi connectivity index (χ1) is 13.6. The SMILES string of the molecule is Cc1cccc2c(=O)[nH]c(CS[C@H]3CCC[C@H](N)CC3)nc12.O=C(O)C(F)(F)F. The number of carbonyl (C=O) groups is 1. The fourth-order valence-electron chi connectivity index (χ4n) is 3.08. The van der Waals surface area contributed by atoms with Crippen molar-refractivity contribution in [2.24, 2.45) is 5.73 Å². The number of thioether (sulfide) groups is 1. The normalized spacial score (nSPS) is 19.9. The predicted molar refractivity (Wildman–Crippen MR) is 107 cm³/mol. The number of benzene rings is 1. The summed E-state index contributed by atoms with van der Waals surface area (Å²) in [6.07, 6.45) is 0.761. The van der Waals surface area contributed by atoms with Crippen molar-refractivity contribution in [1.29, 1.82) is 0 Å². The van der Waals surface area contributed by atoms with Crippen molar-refractivity contribution in [2.45, 2.75) is 62.2 Å². The summed E-state index contributed by atoms with van der Waals surface area (Å²) in [5.41, 5.74) is 7.87. The van der Waals surface area contributed by atoms with Gasteiger partial charge in [0.05, 0.1) is 16.7 Å². The van der Waals surface area contributed by atoms with E-state index in [0.29, 0.717) is 16.7 Å². The van der Waals surface area contributed by atoms with E-state index in [-0.39, 0.29) is 5.56 Å². The van der Waals surface area contributed by atoms with Gasteiger partial charge < -0.3 is 15.8 Å². The highest BCUT2D eigenvalue weighted by Gasteiger charge is 2.38. The molecule has 0 radical (unpaired) electrons. The van der Waals surface area contributed by atoms with E-state index in [1.165, 1.54) is 19.3 Å². The lowest BCUT2D eigenvalue weighted by molar-refractivity contribution is -0.192. The maximum atomic E-state index is 12.2. The molecule has 0 aliphatic heterocycles. The van der Waals surface area contributed by atoms with E-state index in [2.05, 4.69) is 9.97 Å². The Hall–Kier alpha value is -2.07. The third kappa shape index (κ3) is 7.04. The molecule has 0 spiro atoms. The first-order valence-electron chi connectivity index (χ1n) is 9.23. The van der Waals surface area contributed by atoms with Crippen molar-refractivity contribution in [1.82, 2.24) is 9.97 Å². The number of rotatable bonds is 3. The molecule has 1 aliphatic carbocycles. The molecule has 0 amide bonds. The highest BCUT2D eigenvalue weighted by Crippen LogP contribution is 2.29. The van der Waals surface area contributed by atoms with E-state index in [9.17, 15) is 18.0 Å². The second-order valence-electron chi connectivity index (χ2n) is 6.99. The molecule has 0 unspecified atom stereocenters. The first-order valence-corrected chi connectivity index (χ1v) is 10.3. The van der Waals surface area contributed by atoms with Crippen LogP contribution >= 0.6 is 11.8 Å². The van der Waals surface area contributed by atoms with Gasteiger partial charge in [0, 0.05) is 11.3 Å². The lowest BCUT2D eigenvalue weighted by Gasteiger charge is -2.13. The molecular weight excluding hydrogens is 407 g/mol. The molecule has 0 saturated heterocycles. The third-order valence-corrected chi connectivity index (χ3v) is 6.03. The standard InChI is InChI=1S/C17H23N3OS.C2HF3O2/c1-11-4-2-7-14-16(11)19-15(20-17(14)21)10-22-13-6-3-5-12(18)8-9-13;3-2(4,5)1(6)7/h2,4,7,12-13H,3,5-6,8-10,18H2,1H3,(H,19,20,21);(H,6,7)/t12-,13-;/m0./s1. The number of carboxylic acid groups (broad SMARTS) is 1. The maximum Gasteiger partial charge on any atom is 0.490 e. The minimum absolute atomic E-state index is 0.0350. The van der Waals surface area contributed by atoms with E-state index >= 15 is 0 Å². The zero-order valence-electron chi connectivity index (χ0n) is 16.0. The summed E-state index contributed by atoms with van der Waals surface area (Å²) in [6.45, 7) is 2.00. The summed E-state index contributed by atoms with van der Waals surface area (Å²) in [5, 5.41) is 8.43. The fourth-order valence-corrected chi connectivity index (χ4v) is 4.25. The molecular formula is C19H24F3N3O3S. The van der Waals surface area contributed by atoms with Crippen molar-refractivity contribution in [3.63, 3.8) is 0 Å². The Kier molecular flexibility index (Phi) is 8.09. The molecule has 29 heavy (non-hydrogen) atoms. The van der Waals surface area contributed by atoms with Crippen LogP contribution in [0.3, 0.4) is 0 Å². The second-order valence-corrected chi connectivity index (χ2v) is 8.28. The van der Waals surface area contributed by atoms with Gasteiger partial charge in [0.25, 0.3) is 5.56 Å². The molecule has 1 fully saturated rings. The van der Waals surface area contributed by atoms with Gasteiger partial charge in [0.1, 0.15) is 5.82 Å². The van der Waals surface area contributed by atoms with E-state index in [0.717, 1.165) is 35.5 Å². The van der Waals surface area contributed by atoms with Crippen LogP contribution in [0.2, 0.25) is 0 Å². The van der Waals surface area contributed by atoms with Gasteiger partial charge in [-0.1, -0.05) is 18.6 Å². The summed E-state index contributed by atoms with van der Waals surface area (Å²) < 4.78 is 31.7. The molecule has 1 aliphatic rings. The molecule has 10 heteroatoms. The number of halogens is 3. The van der Waals surface area contributed by atoms with Crippen LogP contribution in [-0.2, 0) is 10.5 Å². The van der Waals surface area contributed by atoms with Crippen molar-refractivity contribution in [2.75, 3.05) is 0 Å². The van der Waals surface area contributed by atoms with Crippen molar-refractivity contribution in [3.05, 3.63) is 39.9 Å². The number of para-hydroxylation sites is 1. The van der Waals surface area contributed by atoms with Crippen LogP contribution < -0.4 is 11.3 Å². The summed E-state index contributed by atoms with van der Waals surface area (Å²) >= 11 is 1.90. The molecule has 4 N–H and O–H groups in total. The van der Waals surface area contributed by atoms with Gasteiger partial charge in [-0.2, -0.15) is 24.9 Å². The lowest BCUT2D eigenvalue weighted by atomic mass is 10.1. The van der Waals surface area contributed by atoms with Gasteiger partial charge in [-0.05, 0) is 44.2 Å². The topological polar surface area (TPSA) is 109 Å². The summed E-state index contributed by atoms with van der Waals surface area (Å²) in [4.78, 5) is 28.7. The molecule has 1 saturated carbocycles. The van der Waals surface area contributed by atoms with Gasteiger partial charge >= 0.3 is 12.1 Å². The number of nitrogens with two attached hydrogens (primary N) is 1. The maximum absolute atomic E-state index is 12.2. The van der Waals surface area contributed by atoms with Gasteiger partial charge in [-0.15, -0.1) is 0 Å². The number of nitrogens with one attached hydrogen (secondary N) is 1. The Bertz CT molecular complexity index is 902. The number of nitrogens with zero attached hydrogens (tertiary/aromatic N) is 1. The Labute approximate surface area is 170 Å². The average molecular weight is 431 g/mol. The Balaban J connectivity index is 0.000000370. The lowest BCUT2D eigenvalue weighted by Crippen LogP contribution is -2.21. The first kappa shape index (κ1) is 23.2. The smallest absolute Gasteiger partial charge is 0.475 e. The van der Waals surface area contributed by atoms with Gasteiger partial charge in [0.15, 0.2) is 0 Å². The summed E-state index contributed by atoms with van der Waals surface area (Å²) in [5.74, 6) is -1.21. The van der Waals surface area contributed by atoms with E-state index in [4.69, 9.17) is 15.6 Å². The number of hydrogen-bond donors (Lipinski definition) is 3. The molecule has 1 aromatic heterocycles. The van der Waals surface area contributed by atoms with Crippen LogP contribution in [0.4, 0.5) is 13.2 Å². The van der Waals surface area contributed by atoms with Gasteiger partial charge in [-0.25, -0.2) is 9.78 Å². The monoisotopic (exact) mass is 431 g/mol. The number of aromatic nitrogens is 2. The summed E-state index contributed by atoms with van der Waals surface area (Å²) in [6, 6.07) is 6.10. The molecule has 6 nitrogen and oxygen atoms in total. The molecule has 2 atom stereocenters. The number of alkyl halides is 3. The molecule has 0 bridgehead atoms. The van der Waals surface area contributed by atoms with Crippen LogP contribution in [0.25, 0.3) is 10.9 Å². The van der Waals surface area contributed by atoms with Crippen molar-refractivity contribution >= 4 is 28.6 Å². The number of hydrogen-bond acceptors (Lipinski definition) is 5. The van der Waals surface area contributed by atoms with Crippen LogP contribution in [0.1, 0.15) is 43.5 Å². The fraction of sp³-hybridized carbons (Fsp3) is 0.526. The van der Waals surface area contributed by atoms with Crippen LogP contribution in [0, 0.1) is 6.92 Å². The summed E-state index contributed by atoms with van der Waals surface area (Å²) in [7, 11) is 0. The molecule has 3 rings (SSSR count). The number of aromatic amines is 1. The zero-order valence-corrected chi connectivity index (χ0v) is 16.8. The minimum Gasteiger partial charge on any atom is -0.475 e. The number of aliphatic carboxylic acids is 1. The van der Waals surface area contributed by atoms with E-state index in [1.807, 2.05) is 36.9 Å². The zero-order chi connectivity index (χ0) is 21.6. The highest BCUT2D eigenvalue weighted by molar-refractivity contribution is 7.99. The number of carboxylic acids is 1. The van der Waals surface area contributed by atoms with Crippen molar-refractivity contribution in [3.8, 4) is 0 Å². The molecule has 2 aromatic rings. The van der Waals surface area contributed by atoms with Crippen LogP contribution in [-0.4, -0.2) is 38.5 Å². The number of aryl methyl sites for hydroxylation is 1. The minimum atomic E-state index is -5.08. The van der Waals surface area contributed by atoms with Crippen molar-refractivity contribution < 1.29 is 23.1 Å². The largest absolute Gasteiger partial charge is 0.490 e. The third-order valence-electron chi connectivity index (χ3n) is 4.65. The number of H-pyrrole nitrogens is 1. The number of fused-ring (bicyclic) bond motifs is 1. The van der Waals surface area contributed by atoms with E-state index in [1.54, 1.807) is 0 Å². The Morgan fingerprint density at radius 3 is 2.66 bits per heavy atom. The van der Waals surface area contributed by atoms with Crippen LogP contribution in [0.15, 0.2) is 23.0 Å². The second kappa shape index (κ2) is 10.1. The van der Waals surface area contributed by atoms with Gasteiger partial charge in [0.2, 0.25) is 0 Å². The highest BCUT2D eigenvalue weighted by atomic mass is 32.2. The molecule has 1 heterocycles. The average Bonchev–Trinajstić information content (AvgIpc) is 2.85. The quantitative estimate of drug-likeness (QED) is 0.639.